The van der Waals surface area contributed by atoms with Crippen LogP contribution in [0.3, 0.4) is 0 Å². The highest BCUT2D eigenvalue weighted by Crippen LogP contribution is 2.25. The summed E-state index contributed by atoms with van der Waals surface area (Å²) in [7, 11) is 0. The first-order valence-electron chi connectivity index (χ1n) is 5.92. The summed E-state index contributed by atoms with van der Waals surface area (Å²) in [4.78, 5) is 0. The van der Waals surface area contributed by atoms with Crippen molar-refractivity contribution in [3.05, 3.63) is 35.6 Å². The van der Waals surface area contributed by atoms with Gasteiger partial charge in [0.05, 0.1) is 6.10 Å². The van der Waals surface area contributed by atoms with Crippen molar-refractivity contribution in [3.8, 4) is 0 Å². The van der Waals surface area contributed by atoms with Crippen LogP contribution in [0.4, 0.5) is 4.39 Å². The van der Waals surface area contributed by atoms with Gasteiger partial charge in [-0.3, -0.25) is 0 Å². The van der Waals surface area contributed by atoms with Crippen molar-refractivity contribution in [2.75, 3.05) is 12.3 Å². The van der Waals surface area contributed by atoms with Crippen molar-refractivity contribution in [3.63, 3.8) is 0 Å². The van der Waals surface area contributed by atoms with Gasteiger partial charge < -0.3 is 15.0 Å². The number of aliphatic hydroxyl groups excluding tert-OH is 1. The molecule has 1 aromatic carbocycles. The van der Waals surface area contributed by atoms with Gasteiger partial charge in [-0.25, -0.2) is 4.39 Å². The Balaban J connectivity index is 2.60. The maximum atomic E-state index is 13.1. The largest absolute Gasteiger partial charge is 0.386 e. The van der Waals surface area contributed by atoms with E-state index in [1.807, 2.05) is 13.8 Å². The molecule has 5 heteroatoms. The van der Waals surface area contributed by atoms with Crippen molar-refractivity contribution >= 4 is 12.0 Å². The molecule has 0 radical (unpaired) electrons. The van der Waals surface area contributed by atoms with E-state index in [9.17, 15) is 9.50 Å². The summed E-state index contributed by atoms with van der Waals surface area (Å²) < 4.78 is 21.7. The highest BCUT2D eigenvalue weighted by molar-refractivity contribution is 7.93. The minimum atomic E-state index is -0.782. The number of aliphatic hydroxyl groups is 1. The first-order chi connectivity index (χ1) is 8.47. The summed E-state index contributed by atoms with van der Waals surface area (Å²) in [5.41, 5.74) is 0.0116. The van der Waals surface area contributed by atoms with Crippen LogP contribution in [-0.2, 0) is 0 Å². The Hall–Kier alpha value is -0.620. The van der Waals surface area contributed by atoms with E-state index in [0.29, 0.717) is 17.9 Å². The van der Waals surface area contributed by atoms with Gasteiger partial charge in [-0.2, -0.15) is 0 Å². The van der Waals surface area contributed by atoms with Crippen LogP contribution in [0.5, 0.6) is 0 Å². The van der Waals surface area contributed by atoms with Gasteiger partial charge in [0, 0.05) is 11.3 Å². The molecular weight excluding hydrogens is 253 g/mol. The molecule has 1 rings (SSSR count). The Morgan fingerprint density at radius 2 is 2.17 bits per heavy atom. The quantitative estimate of drug-likeness (QED) is 0.528. The van der Waals surface area contributed by atoms with Crippen LogP contribution >= 0.6 is 12.0 Å². The lowest BCUT2D eigenvalue weighted by atomic mass is 9.91. The number of hydrogen-bond donors (Lipinski definition) is 3. The minimum Gasteiger partial charge on any atom is -0.386 e. The lowest BCUT2D eigenvalue weighted by Crippen LogP contribution is -2.45. The Morgan fingerprint density at radius 1 is 1.44 bits per heavy atom. The summed E-state index contributed by atoms with van der Waals surface area (Å²) in [5.74, 6) is 0.304. The fourth-order valence-electron chi connectivity index (χ4n) is 1.74. The second-order valence-corrected chi connectivity index (χ2v) is 5.46. The molecule has 18 heavy (non-hydrogen) atoms. The maximum absolute atomic E-state index is 13.1. The standard InChI is InChI=1S/C13H20FNO2S/c1-13(2,15-7-4-8-18-17)12(16)10-5-3-6-11(14)9-10/h3,5-6,9,12,15-17H,4,7-8H2,1-2H3. The fourth-order valence-corrected chi connectivity index (χ4v) is 2.01. The minimum absolute atomic E-state index is 0.348. The van der Waals surface area contributed by atoms with Crippen LogP contribution < -0.4 is 5.32 Å². The topological polar surface area (TPSA) is 52.5 Å². The van der Waals surface area contributed by atoms with E-state index in [2.05, 4.69) is 5.32 Å². The molecule has 3 nitrogen and oxygen atoms in total. The summed E-state index contributed by atoms with van der Waals surface area (Å²) >= 11 is 0.807. The monoisotopic (exact) mass is 273 g/mol. The van der Waals surface area contributed by atoms with Crippen molar-refractivity contribution in [2.24, 2.45) is 0 Å². The summed E-state index contributed by atoms with van der Waals surface area (Å²) in [5, 5.41) is 13.5. The Bertz CT molecular complexity index is 374. The molecule has 0 heterocycles. The Kier molecular flexibility index (Phi) is 6.08. The van der Waals surface area contributed by atoms with Gasteiger partial charge in [0.2, 0.25) is 0 Å². The zero-order chi connectivity index (χ0) is 13.6. The second-order valence-electron chi connectivity index (χ2n) is 4.79. The predicted molar refractivity (Wildman–Crippen MR) is 73.1 cm³/mol. The molecule has 1 aromatic rings. The van der Waals surface area contributed by atoms with Crippen LogP contribution in [0.15, 0.2) is 24.3 Å². The van der Waals surface area contributed by atoms with Crippen LogP contribution in [0, 0.1) is 5.82 Å². The number of nitrogens with one attached hydrogen (secondary N) is 1. The van der Waals surface area contributed by atoms with Crippen LogP contribution in [0.1, 0.15) is 31.9 Å². The zero-order valence-corrected chi connectivity index (χ0v) is 11.5. The molecule has 0 spiro atoms. The lowest BCUT2D eigenvalue weighted by molar-refractivity contribution is 0.0803. The molecule has 3 N–H and O–H groups in total. The molecule has 0 saturated carbocycles. The molecule has 1 unspecified atom stereocenters. The van der Waals surface area contributed by atoms with Gasteiger partial charge >= 0.3 is 0 Å². The van der Waals surface area contributed by atoms with Crippen molar-refractivity contribution < 1.29 is 14.0 Å². The third-order valence-electron chi connectivity index (χ3n) is 2.84. The third-order valence-corrected chi connectivity index (χ3v) is 3.31. The van der Waals surface area contributed by atoms with E-state index in [1.54, 1.807) is 12.1 Å². The lowest BCUT2D eigenvalue weighted by Gasteiger charge is -2.32. The Morgan fingerprint density at radius 3 is 2.78 bits per heavy atom. The van der Waals surface area contributed by atoms with E-state index < -0.39 is 11.6 Å². The van der Waals surface area contributed by atoms with E-state index in [0.717, 1.165) is 18.5 Å². The molecule has 0 saturated heterocycles. The second kappa shape index (κ2) is 7.09. The molecule has 0 amide bonds. The molecule has 0 fully saturated rings. The average molecular weight is 273 g/mol. The van der Waals surface area contributed by atoms with Gasteiger partial charge in [-0.05, 0) is 56.6 Å². The van der Waals surface area contributed by atoms with Gasteiger partial charge in [0.15, 0.2) is 0 Å². The molecule has 0 aromatic heterocycles. The number of rotatable bonds is 7. The summed E-state index contributed by atoms with van der Waals surface area (Å²) in [6.45, 7) is 4.43. The maximum Gasteiger partial charge on any atom is 0.123 e. The molecule has 0 aliphatic carbocycles. The van der Waals surface area contributed by atoms with Gasteiger partial charge in [-0.15, -0.1) is 0 Å². The predicted octanol–water partition coefficient (Wildman–Crippen LogP) is 2.82. The molecule has 1 atom stereocenters. The van der Waals surface area contributed by atoms with Crippen LogP contribution in [-0.4, -0.2) is 27.5 Å². The number of benzene rings is 1. The van der Waals surface area contributed by atoms with Crippen molar-refractivity contribution in [2.45, 2.75) is 31.9 Å². The summed E-state index contributed by atoms with van der Waals surface area (Å²) in [6.07, 6.45) is 0.0236. The normalized spacial score (nSPS) is 13.6. The molecular formula is C13H20FNO2S. The van der Waals surface area contributed by atoms with E-state index >= 15 is 0 Å². The highest BCUT2D eigenvalue weighted by Gasteiger charge is 2.28. The summed E-state index contributed by atoms with van der Waals surface area (Å²) in [6, 6.07) is 6.00. The number of hydrogen-bond acceptors (Lipinski definition) is 4. The van der Waals surface area contributed by atoms with Crippen LogP contribution in [0.25, 0.3) is 0 Å². The smallest absolute Gasteiger partial charge is 0.123 e. The highest BCUT2D eigenvalue weighted by atomic mass is 32.2. The van der Waals surface area contributed by atoms with Crippen LogP contribution in [0.2, 0.25) is 0 Å². The fraction of sp³-hybridized carbons (Fsp3) is 0.538. The van der Waals surface area contributed by atoms with Gasteiger partial charge in [-0.1, -0.05) is 12.1 Å². The molecule has 0 bridgehead atoms. The van der Waals surface area contributed by atoms with E-state index in [4.69, 9.17) is 4.55 Å². The van der Waals surface area contributed by atoms with Crippen molar-refractivity contribution in [1.29, 1.82) is 0 Å². The van der Waals surface area contributed by atoms with Gasteiger partial charge in [0.1, 0.15) is 5.82 Å². The number of halogens is 1. The zero-order valence-electron chi connectivity index (χ0n) is 10.7. The Labute approximate surface area is 112 Å². The first-order valence-corrected chi connectivity index (χ1v) is 6.86. The molecule has 102 valence electrons. The van der Waals surface area contributed by atoms with Gasteiger partial charge in [0.25, 0.3) is 0 Å². The average Bonchev–Trinajstić information content (AvgIpc) is 2.34. The van der Waals surface area contributed by atoms with E-state index in [1.165, 1.54) is 12.1 Å². The molecule has 0 aliphatic rings. The van der Waals surface area contributed by atoms with Crippen molar-refractivity contribution in [1.82, 2.24) is 5.32 Å². The SMILES string of the molecule is CC(C)(NCCCSO)C(O)c1cccc(F)c1. The first kappa shape index (κ1) is 15.4. The molecule has 0 aliphatic heterocycles. The third kappa shape index (κ3) is 4.57. The van der Waals surface area contributed by atoms with E-state index in [-0.39, 0.29) is 5.82 Å².